The van der Waals surface area contributed by atoms with Gasteiger partial charge in [0, 0.05) is 6.07 Å². The van der Waals surface area contributed by atoms with Crippen molar-refractivity contribution in [1.82, 2.24) is 0 Å². The van der Waals surface area contributed by atoms with E-state index in [2.05, 4.69) is 4.98 Å². The van der Waals surface area contributed by atoms with E-state index >= 15 is 0 Å². The largest absolute Gasteiger partial charge is 0.321 e. The van der Waals surface area contributed by atoms with Crippen molar-refractivity contribution >= 4 is 17.4 Å². The van der Waals surface area contributed by atoms with E-state index in [9.17, 15) is 4.79 Å². The van der Waals surface area contributed by atoms with Crippen molar-refractivity contribution in [3.8, 4) is 0 Å². The van der Waals surface area contributed by atoms with Gasteiger partial charge in [0.1, 0.15) is 5.02 Å². The van der Waals surface area contributed by atoms with E-state index in [0.717, 1.165) is 0 Å². The molecule has 4 heteroatoms. The molecule has 14 heavy (non-hydrogen) atoms. The lowest BCUT2D eigenvalue weighted by Gasteiger charge is -2.10. The SMILES string of the molecule is CC(C)C(N)C(=O)c1ccc(Cl)c[nH+]1. The molecule has 0 fully saturated rings. The minimum atomic E-state index is -0.465. The average molecular weight is 214 g/mol. The Labute approximate surface area is 88.3 Å². The molecule has 3 nitrogen and oxygen atoms in total. The van der Waals surface area contributed by atoms with Gasteiger partial charge in [0.15, 0.2) is 6.20 Å². The lowest BCUT2D eigenvalue weighted by Crippen LogP contribution is -2.38. The molecule has 1 aromatic rings. The first-order valence-corrected chi connectivity index (χ1v) is 4.87. The molecule has 0 spiro atoms. The Kier molecular flexibility index (Phi) is 3.61. The number of ketones is 1. The van der Waals surface area contributed by atoms with Crippen LogP contribution in [0.3, 0.4) is 0 Å². The van der Waals surface area contributed by atoms with Crippen LogP contribution < -0.4 is 10.7 Å². The third kappa shape index (κ3) is 2.53. The van der Waals surface area contributed by atoms with Crippen LogP contribution in [-0.4, -0.2) is 11.8 Å². The number of H-pyrrole nitrogens is 1. The van der Waals surface area contributed by atoms with Gasteiger partial charge in [0.2, 0.25) is 11.5 Å². The normalized spacial score (nSPS) is 12.9. The Morgan fingerprint density at radius 2 is 2.14 bits per heavy atom. The van der Waals surface area contributed by atoms with E-state index in [-0.39, 0.29) is 11.7 Å². The number of hydrogen-bond acceptors (Lipinski definition) is 2. The zero-order valence-electron chi connectivity index (χ0n) is 8.25. The van der Waals surface area contributed by atoms with Gasteiger partial charge in [-0.15, -0.1) is 0 Å². The fourth-order valence-corrected chi connectivity index (χ4v) is 1.16. The quantitative estimate of drug-likeness (QED) is 0.770. The average Bonchev–Trinajstić information content (AvgIpc) is 2.16. The van der Waals surface area contributed by atoms with Crippen LogP contribution in [0.2, 0.25) is 5.02 Å². The molecule has 0 aromatic carbocycles. The summed E-state index contributed by atoms with van der Waals surface area (Å²) in [5.41, 5.74) is 6.22. The minimum Gasteiger partial charge on any atom is -0.321 e. The zero-order chi connectivity index (χ0) is 10.7. The molecule has 0 aliphatic rings. The Morgan fingerprint density at radius 3 is 2.57 bits per heavy atom. The minimum absolute atomic E-state index is 0.0864. The second kappa shape index (κ2) is 4.53. The van der Waals surface area contributed by atoms with Gasteiger partial charge < -0.3 is 5.73 Å². The van der Waals surface area contributed by atoms with Crippen molar-refractivity contribution in [1.29, 1.82) is 0 Å². The molecule has 1 rings (SSSR count). The molecule has 76 valence electrons. The summed E-state index contributed by atoms with van der Waals surface area (Å²) in [5.74, 6) is 0.0447. The van der Waals surface area contributed by atoms with E-state index in [1.165, 1.54) is 0 Å². The van der Waals surface area contributed by atoms with Crippen LogP contribution in [-0.2, 0) is 0 Å². The van der Waals surface area contributed by atoms with Crippen molar-refractivity contribution < 1.29 is 9.78 Å². The summed E-state index contributed by atoms with van der Waals surface area (Å²) in [7, 11) is 0. The summed E-state index contributed by atoms with van der Waals surface area (Å²) < 4.78 is 0. The number of carbonyl (C=O) groups excluding carboxylic acids is 1. The highest BCUT2D eigenvalue weighted by molar-refractivity contribution is 6.30. The lowest BCUT2D eigenvalue weighted by atomic mass is 9.99. The standard InChI is InChI=1S/C10H13ClN2O/c1-6(2)9(12)10(14)8-4-3-7(11)5-13-8/h3-6,9H,12H2,1-2H3/p+1. The monoisotopic (exact) mass is 213 g/mol. The number of pyridine rings is 1. The van der Waals surface area contributed by atoms with Crippen molar-refractivity contribution in [3.05, 3.63) is 29.0 Å². The first-order chi connectivity index (χ1) is 6.52. The third-order valence-electron chi connectivity index (χ3n) is 2.06. The maximum atomic E-state index is 11.7. The number of rotatable bonds is 3. The summed E-state index contributed by atoms with van der Waals surface area (Å²) in [5, 5.41) is 0.569. The number of carbonyl (C=O) groups is 1. The predicted octanol–water partition coefficient (Wildman–Crippen LogP) is 1.32. The molecule has 0 aliphatic carbocycles. The lowest BCUT2D eigenvalue weighted by molar-refractivity contribution is -0.381. The maximum absolute atomic E-state index is 11.7. The summed E-state index contributed by atoms with van der Waals surface area (Å²) >= 11 is 5.68. The van der Waals surface area contributed by atoms with Gasteiger partial charge in [-0.05, 0) is 12.0 Å². The van der Waals surface area contributed by atoms with E-state index in [1.54, 1.807) is 18.3 Å². The number of aromatic nitrogens is 1. The first kappa shape index (κ1) is 11.1. The van der Waals surface area contributed by atoms with Gasteiger partial charge in [-0.3, -0.25) is 4.79 Å². The number of Topliss-reactive ketones (excluding diaryl/α,β-unsaturated/α-hetero) is 1. The van der Waals surface area contributed by atoms with Crippen molar-refractivity contribution in [3.63, 3.8) is 0 Å². The van der Waals surface area contributed by atoms with Crippen LogP contribution >= 0.6 is 11.6 Å². The maximum Gasteiger partial charge on any atom is 0.248 e. The number of nitrogens with one attached hydrogen (secondary N) is 1. The second-order valence-electron chi connectivity index (χ2n) is 3.55. The molecule has 0 amide bonds. The van der Waals surface area contributed by atoms with E-state index in [4.69, 9.17) is 17.3 Å². The Balaban J connectivity index is 2.84. The summed E-state index contributed by atoms with van der Waals surface area (Å²) in [6, 6.07) is 2.85. The molecule has 3 N–H and O–H groups in total. The molecule has 1 heterocycles. The van der Waals surface area contributed by atoms with Crippen LogP contribution in [0.4, 0.5) is 0 Å². The van der Waals surface area contributed by atoms with Gasteiger partial charge >= 0.3 is 0 Å². The number of halogens is 1. The van der Waals surface area contributed by atoms with E-state index in [1.807, 2.05) is 13.8 Å². The molecule has 0 bridgehead atoms. The Morgan fingerprint density at radius 1 is 1.50 bits per heavy atom. The Hall–Kier alpha value is -0.930. The molecular formula is C10H14ClN2O+. The molecule has 0 saturated carbocycles. The number of hydrogen-bond donors (Lipinski definition) is 1. The van der Waals surface area contributed by atoms with Crippen LogP contribution in [0.5, 0.6) is 0 Å². The van der Waals surface area contributed by atoms with Gasteiger partial charge in [-0.25, -0.2) is 4.98 Å². The second-order valence-corrected chi connectivity index (χ2v) is 3.99. The molecular weight excluding hydrogens is 200 g/mol. The van der Waals surface area contributed by atoms with Crippen LogP contribution in [0.25, 0.3) is 0 Å². The fourth-order valence-electron chi connectivity index (χ4n) is 1.04. The third-order valence-corrected chi connectivity index (χ3v) is 2.30. The van der Waals surface area contributed by atoms with Gasteiger partial charge in [0.25, 0.3) is 0 Å². The molecule has 1 aromatic heterocycles. The molecule has 0 radical (unpaired) electrons. The van der Waals surface area contributed by atoms with Gasteiger partial charge in [0.05, 0.1) is 6.04 Å². The van der Waals surface area contributed by atoms with Crippen LogP contribution in [0.1, 0.15) is 24.3 Å². The fraction of sp³-hybridized carbons (Fsp3) is 0.400. The molecule has 1 unspecified atom stereocenters. The zero-order valence-corrected chi connectivity index (χ0v) is 9.01. The summed E-state index contributed by atoms with van der Waals surface area (Å²) in [6.45, 7) is 3.83. The number of aromatic amines is 1. The first-order valence-electron chi connectivity index (χ1n) is 4.49. The molecule has 1 atom stereocenters. The predicted molar refractivity (Wildman–Crippen MR) is 55.2 cm³/mol. The Bertz CT molecular complexity index is 321. The van der Waals surface area contributed by atoms with Gasteiger partial charge in [-0.2, -0.15) is 0 Å². The van der Waals surface area contributed by atoms with E-state index in [0.29, 0.717) is 10.7 Å². The molecule has 0 aliphatic heterocycles. The highest BCUT2D eigenvalue weighted by atomic mass is 35.5. The topological polar surface area (TPSA) is 57.2 Å². The van der Waals surface area contributed by atoms with Crippen molar-refractivity contribution in [2.24, 2.45) is 11.7 Å². The van der Waals surface area contributed by atoms with Crippen LogP contribution in [0.15, 0.2) is 18.3 Å². The summed E-state index contributed by atoms with van der Waals surface area (Å²) in [4.78, 5) is 14.5. The molecule has 0 saturated heterocycles. The van der Waals surface area contributed by atoms with Crippen molar-refractivity contribution in [2.75, 3.05) is 0 Å². The highest BCUT2D eigenvalue weighted by Gasteiger charge is 2.23. The van der Waals surface area contributed by atoms with Crippen molar-refractivity contribution in [2.45, 2.75) is 19.9 Å². The van der Waals surface area contributed by atoms with Crippen LogP contribution in [0, 0.1) is 5.92 Å². The van der Waals surface area contributed by atoms with Gasteiger partial charge in [-0.1, -0.05) is 25.4 Å². The smallest absolute Gasteiger partial charge is 0.248 e. The van der Waals surface area contributed by atoms with E-state index < -0.39 is 6.04 Å². The number of nitrogens with two attached hydrogens (primary N) is 1. The summed E-state index contributed by atoms with van der Waals surface area (Å²) in [6.07, 6.45) is 1.57. The highest BCUT2D eigenvalue weighted by Crippen LogP contribution is 2.07.